The SMILES string of the molecule is CCNCc1oc2c(Cl)cc(Br)cc2c1C(C)(C)C. The van der Waals surface area contributed by atoms with Crippen molar-refractivity contribution in [1.82, 2.24) is 5.32 Å². The zero-order valence-electron chi connectivity index (χ0n) is 11.7. The van der Waals surface area contributed by atoms with E-state index in [-0.39, 0.29) is 5.41 Å². The summed E-state index contributed by atoms with van der Waals surface area (Å²) in [4.78, 5) is 0. The van der Waals surface area contributed by atoms with Crippen molar-refractivity contribution < 1.29 is 4.42 Å². The Morgan fingerprint density at radius 3 is 2.58 bits per heavy atom. The minimum absolute atomic E-state index is 0.0140. The predicted octanol–water partition coefficient (Wildman–Crippen LogP) is 5.26. The van der Waals surface area contributed by atoms with Crippen molar-refractivity contribution in [3.05, 3.63) is 33.0 Å². The quantitative estimate of drug-likeness (QED) is 0.822. The Labute approximate surface area is 127 Å². The van der Waals surface area contributed by atoms with E-state index in [0.717, 1.165) is 34.3 Å². The van der Waals surface area contributed by atoms with Gasteiger partial charge in [0.1, 0.15) is 5.76 Å². The summed E-state index contributed by atoms with van der Waals surface area (Å²) in [5.74, 6) is 0.976. The Kier molecular flexibility index (Phi) is 4.29. The molecule has 0 atom stereocenters. The maximum atomic E-state index is 6.29. The lowest BCUT2D eigenvalue weighted by Gasteiger charge is -2.19. The molecule has 104 valence electrons. The Morgan fingerprint density at radius 2 is 2.00 bits per heavy atom. The number of fused-ring (bicyclic) bond motifs is 1. The molecule has 0 radical (unpaired) electrons. The van der Waals surface area contributed by atoms with Gasteiger partial charge in [-0.15, -0.1) is 0 Å². The van der Waals surface area contributed by atoms with Crippen LogP contribution in [0.3, 0.4) is 0 Å². The monoisotopic (exact) mass is 343 g/mol. The molecule has 0 amide bonds. The summed E-state index contributed by atoms with van der Waals surface area (Å²) in [6.45, 7) is 10.3. The highest BCUT2D eigenvalue weighted by atomic mass is 79.9. The molecule has 0 unspecified atom stereocenters. The van der Waals surface area contributed by atoms with Gasteiger partial charge in [0, 0.05) is 15.4 Å². The minimum atomic E-state index is 0.0140. The largest absolute Gasteiger partial charge is 0.458 e. The summed E-state index contributed by atoms with van der Waals surface area (Å²) in [7, 11) is 0. The summed E-state index contributed by atoms with van der Waals surface area (Å²) in [6, 6.07) is 3.96. The Morgan fingerprint density at radius 1 is 1.32 bits per heavy atom. The molecule has 2 aromatic rings. The third-order valence-corrected chi connectivity index (χ3v) is 3.81. The average molecular weight is 345 g/mol. The number of benzene rings is 1. The normalized spacial score (nSPS) is 12.3. The third kappa shape index (κ3) is 2.99. The molecule has 0 spiro atoms. The molecule has 0 bridgehead atoms. The highest BCUT2D eigenvalue weighted by molar-refractivity contribution is 9.10. The fourth-order valence-corrected chi connectivity index (χ4v) is 3.21. The molecular formula is C15H19BrClNO. The molecule has 0 saturated heterocycles. The highest BCUT2D eigenvalue weighted by Crippen LogP contribution is 2.39. The average Bonchev–Trinajstić information content (AvgIpc) is 2.64. The molecule has 2 nitrogen and oxygen atoms in total. The summed E-state index contributed by atoms with van der Waals surface area (Å²) in [5.41, 5.74) is 2.02. The van der Waals surface area contributed by atoms with Gasteiger partial charge >= 0.3 is 0 Å². The van der Waals surface area contributed by atoms with Crippen LogP contribution in [0.2, 0.25) is 5.02 Å². The van der Waals surface area contributed by atoms with Gasteiger partial charge < -0.3 is 9.73 Å². The fraction of sp³-hybridized carbons (Fsp3) is 0.467. The Hall–Kier alpha value is -0.510. The molecule has 4 heteroatoms. The molecule has 1 heterocycles. The topological polar surface area (TPSA) is 25.2 Å². The maximum absolute atomic E-state index is 6.29. The van der Waals surface area contributed by atoms with Gasteiger partial charge in [0.2, 0.25) is 0 Å². The van der Waals surface area contributed by atoms with E-state index in [2.05, 4.69) is 55.0 Å². The van der Waals surface area contributed by atoms with E-state index in [1.165, 1.54) is 5.56 Å². The van der Waals surface area contributed by atoms with Crippen LogP contribution < -0.4 is 5.32 Å². The van der Waals surface area contributed by atoms with Crippen molar-refractivity contribution in [1.29, 1.82) is 0 Å². The van der Waals surface area contributed by atoms with Gasteiger partial charge in [-0.1, -0.05) is 55.2 Å². The molecule has 1 N–H and O–H groups in total. The molecule has 1 aromatic heterocycles. The standard InChI is InChI=1S/C15H19BrClNO/c1-5-18-8-12-13(15(2,3)4)10-6-9(16)7-11(17)14(10)19-12/h6-7,18H,5,8H2,1-4H3. The Balaban J connectivity index is 2.70. The van der Waals surface area contributed by atoms with Gasteiger partial charge in [-0.2, -0.15) is 0 Å². The van der Waals surface area contributed by atoms with Gasteiger partial charge in [-0.25, -0.2) is 0 Å². The van der Waals surface area contributed by atoms with Gasteiger partial charge in [0.05, 0.1) is 11.6 Å². The lowest BCUT2D eigenvalue weighted by Crippen LogP contribution is -2.18. The first-order valence-corrected chi connectivity index (χ1v) is 7.63. The first-order chi connectivity index (χ1) is 8.84. The van der Waals surface area contributed by atoms with Crippen LogP contribution in [0.25, 0.3) is 11.0 Å². The van der Waals surface area contributed by atoms with Crippen LogP contribution in [-0.2, 0) is 12.0 Å². The highest BCUT2D eigenvalue weighted by Gasteiger charge is 2.26. The molecule has 0 saturated carbocycles. The molecule has 2 rings (SSSR count). The molecule has 0 aliphatic rings. The second-order valence-electron chi connectivity index (χ2n) is 5.69. The van der Waals surface area contributed by atoms with Crippen LogP contribution in [0, 0.1) is 0 Å². The van der Waals surface area contributed by atoms with E-state index in [1.807, 2.05) is 6.07 Å². The van der Waals surface area contributed by atoms with E-state index in [0.29, 0.717) is 5.02 Å². The van der Waals surface area contributed by atoms with Crippen molar-refractivity contribution in [2.45, 2.75) is 39.7 Å². The number of furan rings is 1. The van der Waals surface area contributed by atoms with Crippen molar-refractivity contribution in [2.75, 3.05) is 6.54 Å². The smallest absolute Gasteiger partial charge is 0.153 e. The van der Waals surface area contributed by atoms with Gasteiger partial charge in [-0.3, -0.25) is 0 Å². The summed E-state index contributed by atoms with van der Waals surface area (Å²) < 4.78 is 6.98. The molecule has 19 heavy (non-hydrogen) atoms. The minimum Gasteiger partial charge on any atom is -0.458 e. The first-order valence-electron chi connectivity index (χ1n) is 6.46. The van der Waals surface area contributed by atoms with Crippen LogP contribution in [0.5, 0.6) is 0 Å². The molecular weight excluding hydrogens is 326 g/mol. The molecule has 0 aliphatic carbocycles. The van der Waals surface area contributed by atoms with Crippen LogP contribution >= 0.6 is 27.5 Å². The number of nitrogens with one attached hydrogen (secondary N) is 1. The number of hydrogen-bond donors (Lipinski definition) is 1. The van der Waals surface area contributed by atoms with Crippen LogP contribution in [0.1, 0.15) is 39.0 Å². The summed E-state index contributed by atoms with van der Waals surface area (Å²) >= 11 is 9.79. The van der Waals surface area contributed by atoms with E-state index in [9.17, 15) is 0 Å². The zero-order valence-corrected chi connectivity index (χ0v) is 14.1. The second-order valence-corrected chi connectivity index (χ2v) is 7.02. The Bertz CT molecular complexity index is 598. The van der Waals surface area contributed by atoms with Crippen molar-refractivity contribution in [3.63, 3.8) is 0 Å². The van der Waals surface area contributed by atoms with Crippen molar-refractivity contribution in [3.8, 4) is 0 Å². The fourth-order valence-electron chi connectivity index (χ4n) is 2.36. The van der Waals surface area contributed by atoms with Gasteiger partial charge in [0.25, 0.3) is 0 Å². The summed E-state index contributed by atoms with van der Waals surface area (Å²) in [6.07, 6.45) is 0. The molecule has 1 aromatic carbocycles. The van der Waals surface area contributed by atoms with E-state index in [1.54, 1.807) is 0 Å². The number of halogens is 2. The van der Waals surface area contributed by atoms with E-state index < -0.39 is 0 Å². The lowest BCUT2D eigenvalue weighted by molar-refractivity contribution is 0.487. The maximum Gasteiger partial charge on any atom is 0.153 e. The number of hydrogen-bond acceptors (Lipinski definition) is 2. The zero-order chi connectivity index (χ0) is 14.2. The predicted molar refractivity (Wildman–Crippen MR) is 85.0 cm³/mol. The van der Waals surface area contributed by atoms with Crippen molar-refractivity contribution in [2.24, 2.45) is 0 Å². The van der Waals surface area contributed by atoms with Crippen LogP contribution in [-0.4, -0.2) is 6.54 Å². The number of rotatable bonds is 3. The van der Waals surface area contributed by atoms with Crippen molar-refractivity contribution >= 4 is 38.5 Å². The second kappa shape index (κ2) is 5.47. The third-order valence-electron chi connectivity index (χ3n) is 3.07. The van der Waals surface area contributed by atoms with E-state index >= 15 is 0 Å². The first kappa shape index (κ1) is 14.9. The van der Waals surface area contributed by atoms with Crippen LogP contribution in [0.15, 0.2) is 21.0 Å². The van der Waals surface area contributed by atoms with Gasteiger partial charge in [-0.05, 0) is 24.1 Å². The van der Waals surface area contributed by atoms with Gasteiger partial charge in [0.15, 0.2) is 5.58 Å². The van der Waals surface area contributed by atoms with E-state index in [4.69, 9.17) is 16.0 Å². The molecule has 0 aliphatic heterocycles. The lowest BCUT2D eigenvalue weighted by atomic mass is 9.85. The van der Waals surface area contributed by atoms with Crippen LogP contribution in [0.4, 0.5) is 0 Å². The summed E-state index contributed by atoms with van der Waals surface area (Å²) in [5, 5.41) is 5.07. The molecule has 0 fully saturated rings.